The summed E-state index contributed by atoms with van der Waals surface area (Å²) in [5.74, 6) is 0.814. The Balaban J connectivity index is 1.66. The Bertz CT molecular complexity index is 492. The molecule has 1 aromatic rings. The summed E-state index contributed by atoms with van der Waals surface area (Å²) in [5, 5.41) is 11.4. The van der Waals surface area contributed by atoms with E-state index in [1.54, 1.807) is 18.6 Å². The van der Waals surface area contributed by atoms with Gasteiger partial charge in [-0.1, -0.05) is 0 Å². The third kappa shape index (κ3) is 5.18. The summed E-state index contributed by atoms with van der Waals surface area (Å²) >= 11 is 1.31. The van der Waals surface area contributed by atoms with Gasteiger partial charge in [0.25, 0.3) is 0 Å². The molecule has 0 saturated carbocycles. The van der Waals surface area contributed by atoms with Gasteiger partial charge in [0.1, 0.15) is 5.82 Å². The van der Waals surface area contributed by atoms with Crippen LogP contribution in [0, 0.1) is 5.92 Å². The summed E-state index contributed by atoms with van der Waals surface area (Å²) < 4.78 is 0. The first kappa shape index (κ1) is 16.5. The van der Waals surface area contributed by atoms with Gasteiger partial charge in [-0.25, -0.2) is 4.98 Å². The number of anilines is 1. The molecule has 1 aromatic heterocycles. The van der Waals surface area contributed by atoms with E-state index in [4.69, 9.17) is 5.11 Å². The number of carboxylic acids is 1. The number of piperidine rings is 1. The second-order valence-electron chi connectivity index (χ2n) is 5.06. The normalized spacial score (nSPS) is 15.5. The number of carbonyl (C=O) groups is 2. The molecular formula is C14H20N4O3S. The van der Waals surface area contributed by atoms with Gasteiger partial charge in [-0.05, 0) is 12.8 Å². The third-order valence-corrected chi connectivity index (χ3v) is 4.45. The minimum atomic E-state index is -0.826. The summed E-state index contributed by atoms with van der Waals surface area (Å²) in [7, 11) is 0. The molecule has 1 aliphatic heterocycles. The molecule has 8 heteroatoms. The smallest absolute Gasteiger partial charge is 0.313 e. The Labute approximate surface area is 133 Å². The zero-order valence-electron chi connectivity index (χ0n) is 12.3. The zero-order chi connectivity index (χ0) is 15.8. The maximum absolute atomic E-state index is 12.1. The largest absolute Gasteiger partial charge is 0.481 e. The van der Waals surface area contributed by atoms with E-state index in [0.717, 1.165) is 31.7 Å². The van der Waals surface area contributed by atoms with E-state index in [9.17, 15) is 9.59 Å². The standard InChI is InChI=1S/C14H20N4O3S/c19-13(20)10-22-8-5-17-14(21)11-1-6-18(7-2-11)12-9-15-3-4-16-12/h3-4,9,11H,1-2,5-8,10H2,(H,17,21)(H,19,20). The molecule has 7 nitrogen and oxygen atoms in total. The lowest BCUT2D eigenvalue weighted by Crippen LogP contribution is -2.41. The van der Waals surface area contributed by atoms with Crippen molar-refractivity contribution in [3.8, 4) is 0 Å². The summed E-state index contributed by atoms with van der Waals surface area (Å²) in [6.45, 7) is 2.11. The number of amides is 1. The van der Waals surface area contributed by atoms with Crippen molar-refractivity contribution in [3.63, 3.8) is 0 Å². The molecule has 0 spiro atoms. The van der Waals surface area contributed by atoms with E-state index in [1.165, 1.54) is 11.8 Å². The van der Waals surface area contributed by atoms with Crippen molar-refractivity contribution in [2.75, 3.05) is 36.0 Å². The molecule has 2 rings (SSSR count). The monoisotopic (exact) mass is 324 g/mol. The number of aromatic nitrogens is 2. The van der Waals surface area contributed by atoms with Crippen molar-refractivity contribution in [1.82, 2.24) is 15.3 Å². The fraction of sp³-hybridized carbons (Fsp3) is 0.571. The highest BCUT2D eigenvalue weighted by molar-refractivity contribution is 7.99. The summed E-state index contributed by atoms with van der Waals surface area (Å²) in [4.78, 5) is 32.9. The lowest BCUT2D eigenvalue weighted by Gasteiger charge is -2.31. The Hall–Kier alpha value is -1.83. The Kier molecular flexibility index (Phi) is 6.45. The van der Waals surface area contributed by atoms with E-state index >= 15 is 0 Å². The highest BCUT2D eigenvalue weighted by Gasteiger charge is 2.25. The highest BCUT2D eigenvalue weighted by atomic mass is 32.2. The first-order chi connectivity index (χ1) is 10.7. The van der Waals surface area contributed by atoms with Crippen LogP contribution in [-0.4, -0.2) is 58.1 Å². The average Bonchev–Trinajstić information content (AvgIpc) is 2.55. The van der Waals surface area contributed by atoms with Crippen molar-refractivity contribution in [2.45, 2.75) is 12.8 Å². The lowest BCUT2D eigenvalue weighted by molar-refractivity contribution is -0.134. The van der Waals surface area contributed by atoms with Crippen LogP contribution in [0.2, 0.25) is 0 Å². The van der Waals surface area contributed by atoms with E-state index in [-0.39, 0.29) is 17.6 Å². The van der Waals surface area contributed by atoms with Crippen LogP contribution in [0.4, 0.5) is 5.82 Å². The molecule has 1 aliphatic rings. The number of hydrogen-bond acceptors (Lipinski definition) is 6. The zero-order valence-corrected chi connectivity index (χ0v) is 13.1. The van der Waals surface area contributed by atoms with Gasteiger partial charge < -0.3 is 15.3 Å². The summed E-state index contributed by atoms with van der Waals surface area (Å²) in [5.41, 5.74) is 0. The SMILES string of the molecule is O=C(O)CSCCNC(=O)C1CCN(c2cnccn2)CC1. The number of thioether (sulfide) groups is 1. The van der Waals surface area contributed by atoms with E-state index in [1.807, 2.05) is 0 Å². The molecule has 0 atom stereocenters. The molecule has 1 fully saturated rings. The van der Waals surface area contributed by atoms with Gasteiger partial charge in [-0.3, -0.25) is 14.6 Å². The molecule has 0 aromatic carbocycles. The van der Waals surface area contributed by atoms with Crippen molar-refractivity contribution in [2.24, 2.45) is 5.92 Å². The molecule has 120 valence electrons. The van der Waals surface area contributed by atoms with Gasteiger partial charge in [0, 0.05) is 43.7 Å². The second-order valence-corrected chi connectivity index (χ2v) is 6.17. The summed E-state index contributed by atoms with van der Waals surface area (Å²) in [6, 6.07) is 0. The molecule has 1 saturated heterocycles. The Morgan fingerprint density at radius 3 is 2.77 bits per heavy atom. The van der Waals surface area contributed by atoms with Crippen LogP contribution < -0.4 is 10.2 Å². The van der Waals surface area contributed by atoms with Crippen LogP contribution in [0.15, 0.2) is 18.6 Å². The Morgan fingerprint density at radius 2 is 2.14 bits per heavy atom. The van der Waals surface area contributed by atoms with Crippen molar-refractivity contribution in [1.29, 1.82) is 0 Å². The summed E-state index contributed by atoms with van der Waals surface area (Å²) in [6.07, 6.45) is 6.64. The maximum Gasteiger partial charge on any atom is 0.313 e. The number of nitrogens with zero attached hydrogens (tertiary/aromatic N) is 3. The van der Waals surface area contributed by atoms with Crippen LogP contribution in [0.5, 0.6) is 0 Å². The Morgan fingerprint density at radius 1 is 1.36 bits per heavy atom. The van der Waals surface area contributed by atoms with Gasteiger partial charge in [0.2, 0.25) is 5.91 Å². The fourth-order valence-electron chi connectivity index (χ4n) is 2.38. The number of carbonyl (C=O) groups excluding carboxylic acids is 1. The van der Waals surface area contributed by atoms with Crippen LogP contribution in [-0.2, 0) is 9.59 Å². The van der Waals surface area contributed by atoms with Crippen LogP contribution >= 0.6 is 11.8 Å². The van der Waals surface area contributed by atoms with Gasteiger partial charge in [-0.2, -0.15) is 0 Å². The predicted molar refractivity (Wildman–Crippen MR) is 84.9 cm³/mol. The highest BCUT2D eigenvalue weighted by Crippen LogP contribution is 2.21. The van der Waals surface area contributed by atoms with E-state index < -0.39 is 5.97 Å². The number of hydrogen-bond donors (Lipinski definition) is 2. The minimum Gasteiger partial charge on any atom is -0.481 e. The van der Waals surface area contributed by atoms with Gasteiger partial charge in [0.05, 0.1) is 11.9 Å². The molecule has 0 aliphatic carbocycles. The molecule has 2 heterocycles. The molecule has 0 unspecified atom stereocenters. The fourth-order valence-corrected chi connectivity index (χ4v) is 2.94. The molecule has 22 heavy (non-hydrogen) atoms. The van der Waals surface area contributed by atoms with E-state index in [2.05, 4.69) is 20.2 Å². The quantitative estimate of drug-likeness (QED) is 0.710. The first-order valence-electron chi connectivity index (χ1n) is 7.25. The molecule has 0 radical (unpaired) electrons. The molecular weight excluding hydrogens is 304 g/mol. The second kappa shape index (κ2) is 8.57. The molecule has 0 bridgehead atoms. The van der Waals surface area contributed by atoms with Crippen LogP contribution in [0.3, 0.4) is 0 Å². The first-order valence-corrected chi connectivity index (χ1v) is 8.40. The molecule has 2 N–H and O–H groups in total. The maximum atomic E-state index is 12.1. The van der Waals surface area contributed by atoms with Gasteiger partial charge in [0.15, 0.2) is 0 Å². The van der Waals surface area contributed by atoms with Crippen LogP contribution in [0.25, 0.3) is 0 Å². The topological polar surface area (TPSA) is 95.4 Å². The van der Waals surface area contributed by atoms with Crippen LogP contribution in [0.1, 0.15) is 12.8 Å². The number of nitrogens with one attached hydrogen (secondary N) is 1. The van der Waals surface area contributed by atoms with Gasteiger partial charge >= 0.3 is 5.97 Å². The minimum absolute atomic E-state index is 0.0254. The third-order valence-electron chi connectivity index (χ3n) is 3.51. The number of rotatable bonds is 7. The van der Waals surface area contributed by atoms with Crippen molar-refractivity contribution < 1.29 is 14.7 Å². The number of aliphatic carboxylic acids is 1. The average molecular weight is 324 g/mol. The number of carboxylic acid groups (broad SMARTS) is 1. The van der Waals surface area contributed by atoms with Crippen molar-refractivity contribution in [3.05, 3.63) is 18.6 Å². The predicted octanol–water partition coefficient (Wildman–Crippen LogP) is 0.627. The van der Waals surface area contributed by atoms with Crippen molar-refractivity contribution >= 4 is 29.5 Å². The van der Waals surface area contributed by atoms with Gasteiger partial charge in [-0.15, -0.1) is 11.8 Å². The molecule has 1 amide bonds. The lowest BCUT2D eigenvalue weighted by atomic mass is 9.96. The van der Waals surface area contributed by atoms with E-state index in [0.29, 0.717) is 12.3 Å².